The van der Waals surface area contributed by atoms with Crippen LogP contribution in [0.2, 0.25) is 0 Å². The van der Waals surface area contributed by atoms with Crippen molar-refractivity contribution in [3.63, 3.8) is 0 Å². The van der Waals surface area contributed by atoms with E-state index in [1.54, 1.807) is 0 Å². The van der Waals surface area contributed by atoms with E-state index in [-0.39, 0.29) is 6.61 Å². The molecule has 0 unspecified atom stereocenters. The van der Waals surface area contributed by atoms with E-state index in [4.69, 9.17) is 5.11 Å². The number of halogens is 1. The van der Waals surface area contributed by atoms with Crippen LogP contribution in [0, 0.1) is 5.82 Å². The number of aromatic hydroxyl groups is 1. The molecule has 0 aliphatic heterocycles. The molecule has 0 atom stereocenters. The van der Waals surface area contributed by atoms with Crippen molar-refractivity contribution in [1.29, 1.82) is 0 Å². The lowest BCUT2D eigenvalue weighted by Crippen LogP contribution is -2.02. The van der Waals surface area contributed by atoms with Crippen LogP contribution in [0.1, 0.15) is 12.0 Å². The average molecular weight is 248 g/mol. The molecule has 0 bridgehead atoms. The number of benzene rings is 1. The summed E-state index contributed by atoms with van der Waals surface area (Å²) < 4.78 is 35.8. The van der Waals surface area contributed by atoms with Crippen LogP contribution in [0.4, 0.5) is 4.39 Å². The van der Waals surface area contributed by atoms with Crippen molar-refractivity contribution in [2.24, 2.45) is 0 Å². The fraction of sp³-hybridized carbons (Fsp3) is 0.400. The van der Waals surface area contributed by atoms with Crippen LogP contribution >= 0.6 is 0 Å². The number of aryl methyl sites for hydroxylation is 1. The normalized spacial score (nSPS) is 11.7. The lowest BCUT2D eigenvalue weighted by Gasteiger charge is -2.07. The largest absolute Gasteiger partial charge is 0.505 e. The second-order valence-corrected chi connectivity index (χ2v) is 5.47. The minimum atomic E-state index is -3.68. The number of sulfone groups is 1. The van der Waals surface area contributed by atoms with E-state index in [2.05, 4.69) is 0 Å². The zero-order valence-corrected chi connectivity index (χ0v) is 9.59. The van der Waals surface area contributed by atoms with E-state index in [1.165, 1.54) is 6.07 Å². The molecule has 0 fully saturated rings. The minimum Gasteiger partial charge on any atom is -0.505 e. The van der Waals surface area contributed by atoms with Gasteiger partial charge >= 0.3 is 0 Å². The van der Waals surface area contributed by atoms with E-state index in [0.717, 1.165) is 12.3 Å². The minimum absolute atomic E-state index is 0.0745. The lowest BCUT2D eigenvalue weighted by molar-refractivity contribution is 0.287. The molecule has 0 radical (unpaired) electrons. The molecule has 0 aliphatic carbocycles. The Morgan fingerprint density at radius 3 is 2.50 bits per heavy atom. The number of hydrogen-bond acceptors (Lipinski definition) is 4. The molecule has 0 aromatic heterocycles. The smallest absolute Gasteiger partial charge is 0.183 e. The Labute approximate surface area is 93.3 Å². The maximum Gasteiger partial charge on any atom is 0.183 e. The number of phenolic OH excluding ortho intramolecular Hbond substituents is 1. The molecule has 0 saturated carbocycles. The first-order valence-electron chi connectivity index (χ1n) is 4.69. The molecular weight excluding hydrogens is 235 g/mol. The molecule has 90 valence electrons. The predicted octanol–water partition coefficient (Wildman–Crippen LogP) is 0.860. The second-order valence-electron chi connectivity index (χ2n) is 3.48. The summed E-state index contributed by atoms with van der Waals surface area (Å²) in [4.78, 5) is -0.516. The number of aliphatic hydroxyl groups excluding tert-OH is 1. The fourth-order valence-electron chi connectivity index (χ4n) is 1.34. The number of rotatable bonds is 4. The highest BCUT2D eigenvalue weighted by atomic mass is 32.2. The van der Waals surface area contributed by atoms with Gasteiger partial charge in [0.25, 0.3) is 0 Å². The van der Waals surface area contributed by atoms with Crippen LogP contribution in [0.15, 0.2) is 17.0 Å². The summed E-state index contributed by atoms with van der Waals surface area (Å²) in [5, 5.41) is 18.0. The highest BCUT2D eigenvalue weighted by molar-refractivity contribution is 7.90. The van der Waals surface area contributed by atoms with E-state index in [0.29, 0.717) is 18.4 Å². The predicted molar refractivity (Wildman–Crippen MR) is 56.6 cm³/mol. The van der Waals surface area contributed by atoms with Crippen LogP contribution < -0.4 is 0 Å². The molecule has 16 heavy (non-hydrogen) atoms. The summed E-state index contributed by atoms with van der Waals surface area (Å²) in [7, 11) is -3.68. The van der Waals surface area contributed by atoms with Crippen molar-refractivity contribution in [2.75, 3.05) is 12.9 Å². The first-order chi connectivity index (χ1) is 7.38. The molecule has 1 aromatic carbocycles. The summed E-state index contributed by atoms with van der Waals surface area (Å²) in [6, 6.07) is 2.47. The molecule has 2 N–H and O–H groups in total. The van der Waals surface area contributed by atoms with Crippen molar-refractivity contribution in [3.8, 4) is 5.75 Å². The van der Waals surface area contributed by atoms with Crippen LogP contribution in [0.5, 0.6) is 5.75 Å². The van der Waals surface area contributed by atoms with Crippen molar-refractivity contribution < 1.29 is 23.0 Å². The van der Waals surface area contributed by atoms with Crippen LogP contribution in [-0.2, 0) is 16.3 Å². The van der Waals surface area contributed by atoms with Gasteiger partial charge in [0.05, 0.1) is 0 Å². The van der Waals surface area contributed by atoms with Gasteiger partial charge in [-0.1, -0.05) is 6.07 Å². The average Bonchev–Trinajstić information content (AvgIpc) is 2.18. The molecule has 6 heteroatoms. The molecule has 0 amide bonds. The van der Waals surface area contributed by atoms with Gasteiger partial charge in [0.1, 0.15) is 4.90 Å². The third-order valence-electron chi connectivity index (χ3n) is 2.17. The zero-order chi connectivity index (χ0) is 12.3. The molecule has 1 aromatic rings. The van der Waals surface area contributed by atoms with Gasteiger partial charge in [0.2, 0.25) is 0 Å². The van der Waals surface area contributed by atoms with Gasteiger partial charge in [-0.15, -0.1) is 0 Å². The third-order valence-corrected chi connectivity index (χ3v) is 3.28. The summed E-state index contributed by atoms with van der Waals surface area (Å²) in [5.74, 6) is -1.78. The number of aliphatic hydroxyl groups is 1. The van der Waals surface area contributed by atoms with Crippen molar-refractivity contribution in [3.05, 3.63) is 23.5 Å². The molecule has 0 heterocycles. The number of phenols is 1. The Bertz CT molecular complexity index is 482. The maximum absolute atomic E-state index is 13.5. The second kappa shape index (κ2) is 4.80. The fourth-order valence-corrected chi connectivity index (χ4v) is 2.08. The van der Waals surface area contributed by atoms with E-state index < -0.39 is 26.3 Å². The zero-order valence-electron chi connectivity index (χ0n) is 8.77. The van der Waals surface area contributed by atoms with Crippen molar-refractivity contribution in [2.45, 2.75) is 17.7 Å². The summed E-state index contributed by atoms with van der Waals surface area (Å²) in [6.07, 6.45) is 1.55. The van der Waals surface area contributed by atoms with Crippen LogP contribution in [0.3, 0.4) is 0 Å². The number of hydrogen-bond donors (Lipinski definition) is 2. The SMILES string of the molecule is CS(=O)(=O)c1ccc(CCCO)c(O)c1F. The van der Waals surface area contributed by atoms with Gasteiger partial charge in [0, 0.05) is 12.9 Å². The van der Waals surface area contributed by atoms with Crippen LogP contribution in [-0.4, -0.2) is 31.5 Å². The maximum atomic E-state index is 13.5. The Morgan fingerprint density at radius 1 is 1.38 bits per heavy atom. The first-order valence-corrected chi connectivity index (χ1v) is 6.58. The van der Waals surface area contributed by atoms with E-state index >= 15 is 0 Å². The summed E-state index contributed by atoms with van der Waals surface area (Å²) in [6.45, 7) is -0.0745. The molecule has 1 rings (SSSR count). The Kier molecular flexibility index (Phi) is 3.88. The van der Waals surface area contributed by atoms with Gasteiger partial charge in [-0.25, -0.2) is 12.8 Å². The van der Waals surface area contributed by atoms with E-state index in [9.17, 15) is 17.9 Å². The summed E-state index contributed by atoms with van der Waals surface area (Å²) >= 11 is 0. The van der Waals surface area contributed by atoms with Gasteiger partial charge in [-0.3, -0.25) is 0 Å². The Hall–Kier alpha value is -1.14. The van der Waals surface area contributed by atoms with Crippen LogP contribution in [0.25, 0.3) is 0 Å². The highest BCUT2D eigenvalue weighted by Gasteiger charge is 2.19. The highest BCUT2D eigenvalue weighted by Crippen LogP contribution is 2.28. The van der Waals surface area contributed by atoms with Gasteiger partial charge in [-0.05, 0) is 24.5 Å². The first kappa shape index (κ1) is 12.9. The molecular formula is C10H13FO4S. The van der Waals surface area contributed by atoms with Gasteiger partial charge in [0.15, 0.2) is 21.4 Å². The quantitative estimate of drug-likeness (QED) is 0.828. The molecule has 4 nitrogen and oxygen atoms in total. The van der Waals surface area contributed by atoms with Gasteiger partial charge < -0.3 is 10.2 Å². The topological polar surface area (TPSA) is 74.6 Å². The van der Waals surface area contributed by atoms with Crippen molar-refractivity contribution >= 4 is 9.84 Å². The summed E-state index contributed by atoms with van der Waals surface area (Å²) in [5.41, 5.74) is 0.291. The molecule has 0 spiro atoms. The van der Waals surface area contributed by atoms with Gasteiger partial charge in [-0.2, -0.15) is 0 Å². The third kappa shape index (κ3) is 2.70. The van der Waals surface area contributed by atoms with E-state index in [1.807, 2.05) is 0 Å². The van der Waals surface area contributed by atoms with Crippen molar-refractivity contribution in [1.82, 2.24) is 0 Å². The molecule has 0 aliphatic rings. The Morgan fingerprint density at radius 2 is 2.00 bits per heavy atom. The molecule has 0 saturated heterocycles. The monoisotopic (exact) mass is 248 g/mol. The standard InChI is InChI=1S/C10H13FO4S/c1-16(14,15)8-5-4-7(3-2-6-12)10(13)9(8)11/h4-5,12-13H,2-3,6H2,1H3. The Balaban J connectivity index is 3.19. The lowest BCUT2D eigenvalue weighted by atomic mass is 10.1.